The van der Waals surface area contributed by atoms with E-state index in [0.29, 0.717) is 16.6 Å². The molecular weight excluding hydrogens is 350 g/mol. The Balaban J connectivity index is 2.28. The van der Waals surface area contributed by atoms with Crippen molar-refractivity contribution in [1.29, 1.82) is 0 Å². The zero-order valence-electron chi connectivity index (χ0n) is 15.1. The number of ketones is 1. The second kappa shape index (κ2) is 9.30. The number of nitrogens with zero attached hydrogens (tertiary/aromatic N) is 1. The molecule has 2 aromatic rings. The molecule has 0 spiro atoms. The van der Waals surface area contributed by atoms with E-state index in [1.54, 1.807) is 31.2 Å². The van der Waals surface area contributed by atoms with Crippen molar-refractivity contribution < 1.29 is 14.3 Å². The molecule has 2 rings (SSSR count). The highest BCUT2D eigenvalue weighted by molar-refractivity contribution is 6.35. The van der Waals surface area contributed by atoms with Crippen LogP contribution in [0.4, 0.5) is 5.69 Å². The van der Waals surface area contributed by atoms with Gasteiger partial charge in [0.15, 0.2) is 11.7 Å². The standard InChI is InChI=1S/C21H22ClNO3/c1-4-26-21(25)18(20(24)17-7-5-6-8-19(17)22)13-23-16-11-9-15(10-12-16)14(2)3/h5-14,18H,4H2,1-3H3. The summed E-state index contributed by atoms with van der Waals surface area (Å²) in [4.78, 5) is 29.3. The van der Waals surface area contributed by atoms with Gasteiger partial charge in [0.25, 0.3) is 0 Å². The number of esters is 1. The fourth-order valence-corrected chi connectivity index (χ4v) is 2.63. The molecule has 0 aliphatic heterocycles. The van der Waals surface area contributed by atoms with Gasteiger partial charge in [0, 0.05) is 11.8 Å². The number of ether oxygens (including phenoxy) is 1. The minimum atomic E-state index is -1.14. The van der Waals surface area contributed by atoms with Gasteiger partial charge in [-0.05, 0) is 42.7 Å². The Kier molecular flexibility index (Phi) is 7.10. The van der Waals surface area contributed by atoms with Crippen molar-refractivity contribution in [2.24, 2.45) is 10.9 Å². The Hall–Kier alpha value is -2.46. The van der Waals surface area contributed by atoms with Crippen molar-refractivity contribution in [2.45, 2.75) is 26.7 Å². The first-order chi connectivity index (χ1) is 12.4. The topological polar surface area (TPSA) is 55.7 Å². The number of benzene rings is 2. The lowest BCUT2D eigenvalue weighted by molar-refractivity contribution is -0.143. The molecule has 1 unspecified atom stereocenters. The molecule has 0 radical (unpaired) electrons. The monoisotopic (exact) mass is 371 g/mol. The number of halogens is 1. The van der Waals surface area contributed by atoms with Crippen molar-refractivity contribution >= 4 is 35.3 Å². The van der Waals surface area contributed by atoms with E-state index in [2.05, 4.69) is 18.8 Å². The van der Waals surface area contributed by atoms with Gasteiger partial charge in [-0.25, -0.2) is 0 Å². The van der Waals surface area contributed by atoms with Gasteiger partial charge < -0.3 is 4.74 Å². The lowest BCUT2D eigenvalue weighted by Gasteiger charge is -2.11. The maximum atomic E-state index is 12.8. The molecule has 26 heavy (non-hydrogen) atoms. The number of carbonyl (C=O) groups excluding carboxylic acids is 2. The first-order valence-electron chi connectivity index (χ1n) is 8.53. The lowest BCUT2D eigenvalue weighted by Crippen LogP contribution is -2.28. The SMILES string of the molecule is CCOC(=O)C(C=Nc1ccc(C(C)C)cc1)C(=O)c1ccccc1Cl. The zero-order chi connectivity index (χ0) is 19.1. The first kappa shape index (κ1) is 19.9. The molecular formula is C21H22ClNO3. The van der Waals surface area contributed by atoms with Crippen LogP contribution < -0.4 is 0 Å². The minimum absolute atomic E-state index is 0.183. The Morgan fingerprint density at radius 2 is 1.77 bits per heavy atom. The summed E-state index contributed by atoms with van der Waals surface area (Å²) in [6.45, 7) is 6.09. The third kappa shape index (κ3) is 5.02. The van der Waals surface area contributed by atoms with Gasteiger partial charge in [-0.2, -0.15) is 0 Å². The molecule has 4 nitrogen and oxygen atoms in total. The van der Waals surface area contributed by atoms with Crippen molar-refractivity contribution in [1.82, 2.24) is 0 Å². The summed E-state index contributed by atoms with van der Waals surface area (Å²) in [5, 5.41) is 0.293. The van der Waals surface area contributed by atoms with Gasteiger partial charge in [-0.15, -0.1) is 0 Å². The summed E-state index contributed by atoms with van der Waals surface area (Å²) in [6.07, 6.45) is 1.33. The van der Waals surface area contributed by atoms with Gasteiger partial charge >= 0.3 is 5.97 Å². The lowest BCUT2D eigenvalue weighted by atomic mass is 9.98. The van der Waals surface area contributed by atoms with Crippen LogP contribution in [-0.4, -0.2) is 24.6 Å². The molecule has 0 saturated heterocycles. The fraction of sp³-hybridized carbons (Fsp3) is 0.286. The van der Waals surface area contributed by atoms with E-state index in [0.717, 1.165) is 0 Å². The Morgan fingerprint density at radius 1 is 1.12 bits per heavy atom. The average molecular weight is 372 g/mol. The quantitative estimate of drug-likeness (QED) is 0.290. The Morgan fingerprint density at radius 3 is 2.35 bits per heavy atom. The van der Waals surface area contributed by atoms with Crippen LogP contribution in [0.1, 0.15) is 42.6 Å². The van der Waals surface area contributed by atoms with Crippen molar-refractivity contribution in [3.05, 3.63) is 64.7 Å². The molecule has 136 valence electrons. The highest BCUT2D eigenvalue weighted by atomic mass is 35.5. The smallest absolute Gasteiger partial charge is 0.322 e. The maximum absolute atomic E-state index is 12.8. The number of carbonyl (C=O) groups is 2. The number of rotatable bonds is 7. The van der Waals surface area contributed by atoms with Crippen molar-refractivity contribution in [2.75, 3.05) is 6.61 Å². The van der Waals surface area contributed by atoms with Gasteiger partial charge in [0.1, 0.15) is 0 Å². The molecule has 2 aromatic carbocycles. The van der Waals surface area contributed by atoms with Crippen LogP contribution in [0.2, 0.25) is 5.02 Å². The predicted octanol–water partition coefficient (Wildman–Crippen LogP) is 5.23. The van der Waals surface area contributed by atoms with E-state index in [1.807, 2.05) is 24.3 Å². The maximum Gasteiger partial charge on any atom is 0.322 e. The molecule has 5 heteroatoms. The molecule has 0 fully saturated rings. The Labute approximate surface area is 158 Å². The number of Topliss-reactive ketones (excluding diaryl/α,β-unsaturated/α-hetero) is 1. The third-order valence-electron chi connectivity index (χ3n) is 3.89. The van der Waals surface area contributed by atoms with Crippen LogP contribution in [-0.2, 0) is 9.53 Å². The highest BCUT2D eigenvalue weighted by Gasteiger charge is 2.28. The molecule has 0 N–H and O–H groups in total. The summed E-state index contributed by atoms with van der Waals surface area (Å²) in [6, 6.07) is 14.3. The molecule has 0 saturated carbocycles. The van der Waals surface area contributed by atoms with Crippen LogP contribution in [0.5, 0.6) is 0 Å². The molecule has 0 aliphatic rings. The van der Waals surface area contributed by atoms with Gasteiger partial charge in [-0.1, -0.05) is 49.7 Å². The summed E-state index contributed by atoms with van der Waals surface area (Å²) in [7, 11) is 0. The molecule has 0 aromatic heterocycles. The summed E-state index contributed by atoms with van der Waals surface area (Å²) >= 11 is 6.09. The summed E-state index contributed by atoms with van der Waals surface area (Å²) in [5.41, 5.74) is 2.13. The van der Waals surface area contributed by atoms with Crippen LogP contribution in [0.25, 0.3) is 0 Å². The van der Waals surface area contributed by atoms with E-state index >= 15 is 0 Å². The van der Waals surface area contributed by atoms with E-state index in [9.17, 15) is 9.59 Å². The second-order valence-corrected chi connectivity index (χ2v) is 6.51. The van der Waals surface area contributed by atoms with E-state index in [4.69, 9.17) is 16.3 Å². The second-order valence-electron chi connectivity index (χ2n) is 6.10. The number of aliphatic imine (C=N–C) groups is 1. The minimum Gasteiger partial charge on any atom is -0.465 e. The van der Waals surface area contributed by atoms with Crippen LogP contribution in [0.15, 0.2) is 53.5 Å². The number of hydrogen-bond donors (Lipinski definition) is 0. The van der Waals surface area contributed by atoms with Gasteiger partial charge in [-0.3, -0.25) is 14.6 Å². The predicted molar refractivity (Wildman–Crippen MR) is 105 cm³/mol. The molecule has 1 atom stereocenters. The van der Waals surface area contributed by atoms with Crippen LogP contribution in [0, 0.1) is 5.92 Å². The van der Waals surface area contributed by atoms with Crippen LogP contribution >= 0.6 is 11.6 Å². The largest absolute Gasteiger partial charge is 0.465 e. The first-order valence-corrected chi connectivity index (χ1v) is 8.91. The van der Waals surface area contributed by atoms with E-state index < -0.39 is 17.7 Å². The van der Waals surface area contributed by atoms with E-state index in [-0.39, 0.29) is 12.2 Å². The average Bonchev–Trinajstić information content (AvgIpc) is 2.62. The highest BCUT2D eigenvalue weighted by Crippen LogP contribution is 2.21. The molecule has 0 bridgehead atoms. The molecule has 0 heterocycles. The fourth-order valence-electron chi connectivity index (χ4n) is 2.40. The zero-order valence-corrected chi connectivity index (χ0v) is 15.9. The van der Waals surface area contributed by atoms with Crippen molar-refractivity contribution in [3.63, 3.8) is 0 Å². The summed E-state index contributed by atoms with van der Waals surface area (Å²) in [5.74, 6) is -1.79. The summed E-state index contributed by atoms with van der Waals surface area (Å²) < 4.78 is 5.03. The van der Waals surface area contributed by atoms with Crippen LogP contribution in [0.3, 0.4) is 0 Å². The normalized spacial score (nSPS) is 12.3. The molecule has 0 aliphatic carbocycles. The molecule has 0 amide bonds. The van der Waals surface area contributed by atoms with Gasteiger partial charge in [0.05, 0.1) is 17.3 Å². The third-order valence-corrected chi connectivity index (χ3v) is 4.22. The van der Waals surface area contributed by atoms with Crippen molar-refractivity contribution in [3.8, 4) is 0 Å². The number of hydrogen-bond acceptors (Lipinski definition) is 4. The van der Waals surface area contributed by atoms with E-state index in [1.165, 1.54) is 11.8 Å². The Bertz CT molecular complexity index is 797. The van der Waals surface area contributed by atoms with Gasteiger partial charge in [0.2, 0.25) is 0 Å².